The standard InChI is InChI=1S/C26H23ClF2N4O4S/c1-15-22(10-9-21-23(15)26(34)32(2)14-30-21)37-25-20(29)8-7-19(24(25)27)16-3-5-18(6-4-16)31-38(35,36)33-12-11-17(28)13-33/h3-10,14,17,31H,11-13H2,1-2H3/t17-/m1/s1. The summed E-state index contributed by atoms with van der Waals surface area (Å²) >= 11 is 6.57. The van der Waals surface area contributed by atoms with Crippen LogP contribution in [0.15, 0.2) is 59.7 Å². The highest BCUT2D eigenvalue weighted by Gasteiger charge is 2.31. The average molecular weight is 561 g/mol. The zero-order valence-corrected chi connectivity index (χ0v) is 22.0. The van der Waals surface area contributed by atoms with Gasteiger partial charge in [0, 0.05) is 37.0 Å². The number of rotatable bonds is 6. The Kier molecular flexibility index (Phi) is 6.84. The number of anilines is 1. The van der Waals surface area contributed by atoms with Crippen LogP contribution in [-0.2, 0) is 17.3 Å². The van der Waals surface area contributed by atoms with Gasteiger partial charge in [0.1, 0.15) is 11.9 Å². The fourth-order valence-electron chi connectivity index (χ4n) is 4.34. The van der Waals surface area contributed by atoms with Crippen LogP contribution >= 0.6 is 11.6 Å². The predicted octanol–water partition coefficient (Wildman–Crippen LogP) is 5.19. The lowest BCUT2D eigenvalue weighted by molar-refractivity contribution is 0.343. The maximum Gasteiger partial charge on any atom is 0.301 e. The van der Waals surface area contributed by atoms with Crippen LogP contribution < -0.4 is 15.0 Å². The minimum atomic E-state index is -3.88. The van der Waals surface area contributed by atoms with Gasteiger partial charge in [-0.25, -0.2) is 13.8 Å². The summed E-state index contributed by atoms with van der Waals surface area (Å²) in [5, 5.41) is 0.358. The first-order chi connectivity index (χ1) is 18.0. The molecule has 1 N–H and O–H groups in total. The van der Waals surface area contributed by atoms with Gasteiger partial charge in [-0.15, -0.1) is 0 Å². The van der Waals surface area contributed by atoms with E-state index in [4.69, 9.17) is 16.3 Å². The summed E-state index contributed by atoms with van der Waals surface area (Å²) in [6.07, 6.45) is 0.415. The van der Waals surface area contributed by atoms with Gasteiger partial charge < -0.3 is 9.30 Å². The van der Waals surface area contributed by atoms with Crippen LogP contribution in [0.3, 0.4) is 0 Å². The van der Waals surface area contributed by atoms with Crippen molar-refractivity contribution in [3.8, 4) is 22.6 Å². The van der Waals surface area contributed by atoms with Crippen molar-refractivity contribution in [2.45, 2.75) is 19.5 Å². The molecule has 0 amide bonds. The second-order valence-electron chi connectivity index (χ2n) is 9.01. The lowest BCUT2D eigenvalue weighted by Crippen LogP contribution is -2.34. The van der Waals surface area contributed by atoms with Crippen molar-refractivity contribution in [2.75, 3.05) is 17.8 Å². The highest BCUT2D eigenvalue weighted by atomic mass is 35.5. The van der Waals surface area contributed by atoms with E-state index in [1.54, 1.807) is 38.2 Å². The Bertz CT molecular complexity index is 1710. The zero-order valence-electron chi connectivity index (χ0n) is 20.4. The fourth-order valence-corrected chi connectivity index (χ4v) is 5.91. The number of fused-ring (bicyclic) bond motifs is 1. The number of ether oxygens (including phenoxy) is 1. The average Bonchev–Trinajstić information content (AvgIpc) is 3.33. The number of aromatic nitrogens is 2. The number of hydrogen-bond acceptors (Lipinski definition) is 5. The molecule has 3 aromatic carbocycles. The second-order valence-corrected chi connectivity index (χ2v) is 11.1. The number of hydrogen-bond donors (Lipinski definition) is 1. The SMILES string of the molecule is Cc1c(Oc2c(F)ccc(-c3ccc(NS(=O)(=O)N4CC[C@@H](F)C4)cc3)c2Cl)ccc2ncn(C)c(=O)c12. The Morgan fingerprint density at radius 1 is 1.13 bits per heavy atom. The molecule has 38 heavy (non-hydrogen) atoms. The van der Waals surface area contributed by atoms with Crippen molar-refractivity contribution in [2.24, 2.45) is 7.05 Å². The van der Waals surface area contributed by atoms with Gasteiger partial charge in [0.25, 0.3) is 5.56 Å². The molecule has 8 nitrogen and oxygen atoms in total. The van der Waals surface area contributed by atoms with Gasteiger partial charge in [0.15, 0.2) is 11.6 Å². The van der Waals surface area contributed by atoms with E-state index in [-0.39, 0.29) is 47.3 Å². The molecule has 1 saturated heterocycles. The van der Waals surface area contributed by atoms with Gasteiger partial charge in [0.2, 0.25) is 0 Å². The highest BCUT2D eigenvalue weighted by molar-refractivity contribution is 7.90. The fraction of sp³-hybridized carbons (Fsp3) is 0.231. The summed E-state index contributed by atoms with van der Waals surface area (Å²) in [6.45, 7) is 1.62. The molecule has 12 heteroatoms. The van der Waals surface area contributed by atoms with Crippen molar-refractivity contribution in [3.63, 3.8) is 0 Å². The summed E-state index contributed by atoms with van der Waals surface area (Å²) < 4.78 is 64.0. The molecule has 0 spiro atoms. The number of benzene rings is 3. The van der Waals surface area contributed by atoms with Crippen LogP contribution in [0.25, 0.3) is 22.0 Å². The van der Waals surface area contributed by atoms with E-state index in [1.165, 1.54) is 35.2 Å². The Morgan fingerprint density at radius 3 is 2.55 bits per heavy atom. The van der Waals surface area contributed by atoms with Gasteiger partial charge in [-0.1, -0.05) is 23.7 Å². The monoisotopic (exact) mass is 560 g/mol. The molecule has 4 aromatic rings. The lowest BCUT2D eigenvalue weighted by Gasteiger charge is -2.17. The molecule has 0 bridgehead atoms. The van der Waals surface area contributed by atoms with Crippen molar-refractivity contribution in [3.05, 3.63) is 81.6 Å². The molecule has 1 fully saturated rings. The molecule has 2 heterocycles. The molecule has 0 unspecified atom stereocenters. The van der Waals surface area contributed by atoms with Crippen LogP contribution in [0.1, 0.15) is 12.0 Å². The Balaban J connectivity index is 1.44. The Labute approximate surface area is 222 Å². The number of nitrogens with zero attached hydrogens (tertiary/aromatic N) is 3. The molecular formula is C26H23ClF2N4O4S. The van der Waals surface area contributed by atoms with Crippen molar-refractivity contribution in [1.29, 1.82) is 0 Å². The Hall–Kier alpha value is -3.54. The van der Waals surface area contributed by atoms with E-state index in [9.17, 15) is 22.0 Å². The third-order valence-corrected chi connectivity index (χ3v) is 8.32. The number of halogens is 3. The molecule has 0 saturated carbocycles. The summed E-state index contributed by atoms with van der Waals surface area (Å²) in [6, 6.07) is 12.2. The minimum absolute atomic E-state index is 0.00275. The van der Waals surface area contributed by atoms with Crippen molar-refractivity contribution in [1.82, 2.24) is 13.9 Å². The normalized spacial score (nSPS) is 16.2. The third-order valence-electron chi connectivity index (χ3n) is 6.43. The largest absolute Gasteiger partial charge is 0.452 e. The van der Waals surface area contributed by atoms with Gasteiger partial charge in [0.05, 0.1) is 22.3 Å². The predicted molar refractivity (Wildman–Crippen MR) is 142 cm³/mol. The molecule has 1 aliphatic heterocycles. The van der Waals surface area contributed by atoms with Crippen LogP contribution in [0.2, 0.25) is 5.02 Å². The maximum atomic E-state index is 14.9. The summed E-state index contributed by atoms with van der Waals surface area (Å²) in [4.78, 5) is 16.9. The smallest absolute Gasteiger partial charge is 0.301 e. The first kappa shape index (κ1) is 26.1. The highest BCUT2D eigenvalue weighted by Crippen LogP contribution is 2.41. The van der Waals surface area contributed by atoms with Gasteiger partial charge in [-0.3, -0.25) is 9.52 Å². The summed E-state index contributed by atoms with van der Waals surface area (Å²) in [7, 11) is -2.30. The van der Waals surface area contributed by atoms with Crippen LogP contribution in [-0.4, -0.2) is 41.5 Å². The van der Waals surface area contributed by atoms with E-state index in [2.05, 4.69) is 9.71 Å². The second kappa shape index (κ2) is 9.97. The first-order valence-corrected chi connectivity index (χ1v) is 13.5. The van der Waals surface area contributed by atoms with Crippen LogP contribution in [0.5, 0.6) is 11.5 Å². The van der Waals surface area contributed by atoms with Crippen molar-refractivity contribution >= 4 is 38.4 Å². The Morgan fingerprint density at radius 2 is 1.87 bits per heavy atom. The van der Waals surface area contributed by atoms with E-state index in [0.717, 1.165) is 4.31 Å². The summed E-state index contributed by atoms with van der Waals surface area (Å²) in [5.74, 6) is -0.659. The van der Waals surface area contributed by atoms with E-state index < -0.39 is 22.2 Å². The van der Waals surface area contributed by atoms with E-state index in [1.807, 2.05) is 0 Å². The molecule has 1 aromatic heterocycles. The van der Waals surface area contributed by atoms with E-state index >= 15 is 0 Å². The van der Waals surface area contributed by atoms with E-state index in [0.29, 0.717) is 27.6 Å². The molecule has 198 valence electrons. The number of nitrogens with one attached hydrogen (secondary N) is 1. The van der Waals surface area contributed by atoms with Crippen molar-refractivity contribution < 1.29 is 21.9 Å². The zero-order chi connectivity index (χ0) is 27.2. The molecule has 1 atom stereocenters. The first-order valence-electron chi connectivity index (χ1n) is 11.7. The maximum absolute atomic E-state index is 14.9. The summed E-state index contributed by atoms with van der Waals surface area (Å²) in [5.41, 5.74) is 2.04. The van der Waals surface area contributed by atoms with Crippen LogP contribution in [0.4, 0.5) is 14.5 Å². The number of alkyl halides is 1. The van der Waals surface area contributed by atoms with Gasteiger partial charge >= 0.3 is 10.2 Å². The van der Waals surface area contributed by atoms with Gasteiger partial charge in [-0.2, -0.15) is 12.7 Å². The third kappa shape index (κ3) is 4.84. The molecular weight excluding hydrogens is 538 g/mol. The minimum Gasteiger partial charge on any atom is -0.452 e. The molecule has 0 radical (unpaired) electrons. The van der Waals surface area contributed by atoms with Gasteiger partial charge in [-0.05, 0) is 55.3 Å². The van der Waals surface area contributed by atoms with Crippen LogP contribution in [0, 0.1) is 12.7 Å². The number of aryl methyl sites for hydroxylation is 2. The molecule has 5 rings (SSSR count). The quantitative estimate of drug-likeness (QED) is 0.350. The molecule has 0 aliphatic carbocycles. The topological polar surface area (TPSA) is 93.5 Å². The lowest BCUT2D eigenvalue weighted by atomic mass is 10.0. The molecule has 1 aliphatic rings.